The average Bonchev–Trinajstić information content (AvgIpc) is 3.60. The van der Waals surface area contributed by atoms with Crippen LogP contribution in [0.25, 0.3) is 11.3 Å². The summed E-state index contributed by atoms with van der Waals surface area (Å²) < 4.78 is 3.52. The molecule has 0 bridgehead atoms. The number of aromatic nitrogens is 6. The van der Waals surface area contributed by atoms with E-state index in [-0.39, 0.29) is 36.5 Å². The first kappa shape index (κ1) is 26.4. The van der Waals surface area contributed by atoms with Gasteiger partial charge in [-0.3, -0.25) is 14.4 Å². The number of carboxylic acids is 1. The topological polar surface area (TPSA) is 193 Å². The summed E-state index contributed by atoms with van der Waals surface area (Å²) in [6.45, 7) is 3.53. The maximum atomic E-state index is 13.1. The van der Waals surface area contributed by atoms with Gasteiger partial charge in [-0.25, -0.2) is 9.67 Å². The van der Waals surface area contributed by atoms with Crippen LogP contribution in [0, 0.1) is 11.8 Å². The average molecular weight is 570 g/mol. The molecule has 3 amide bonds. The van der Waals surface area contributed by atoms with Gasteiger partial charge in [-0.1, -0.05) is 18.7 Å². The summed E-state index contributed by atoms with van der Waals surface area (Å²) in [5.41, 5.74) is 6.57. The molecule has 2 aliphatic rings. The number of nitrogens with one attached hydrogen (secondary N) is 1. The molecule has 39 heavy (non-hydrogen) atoms. The summed E-state index contributed by atoms with van der Waals surface area (Å²) in [4.78, 5) is 55.1. The van der Waals surface area contributed by atoms with Gasteiger partial charge in [-0.15, -0.1) is 16.4 Å². The smallest absolute Gasteiger partial charge is 0.283 e. The SMILES string of the molecule is CC(NC(=O)Cn1cnnn1)[C@H]1C(=O)N2C(C(=O)[O-])=C(Sc3nc(-c4cc[n+](CC(N)=O)cc4)cs3)[C@H](C)[C@H]12. The van der Waals surface area contributed by atoms with Crippen molar-refractivity contribution >= 4 is 46.8 Å². The van der Waals surface area contributed by atoms with Crippen molar-refractivity contribution in [1.82, 2.24) is 35.4 Å². The molecule has 0 spiro atoms. The van der Waals surface area contributed by atoms with E-state index < -0.39 is 29.9 Å². The molecule has 1 unspecified atom stereocenters. The summed E-state index contributed by atoms with van der Waals surface area (Å²) in [5.74, 6) is -3.56. The molecule has 5 rings (SSSR count). The molecular formula is C23H23N9O5S2. The number of aliphatic carboxylic acids is 1. The standard InChI is InChI=1S/C23H23N9O5S2/c1-11-18-17(12(2)26-16(34)8-31-10-25-28-29-31)21(35)32(18)19(22(36)37)20(11)39-23-27-14(9-38-23)13-3-5-30(6-4-13)7-15(24)33/h3-6,9-12,17-18H,7-8H2,1-2H3,(H3-,24,26,33,34,36,37)/t11-,12?,17-,18-/m1/s1. The van der Waals surface area contributed by atoms with Gasteiger partial charge in [0.05, 0.1) is 29.3 Å². The molecule has 16 heteroatoms. The van der Waals surface area contributed by atoms with Gasteiger partial charge in [0.15, 0.2) is 16.7 Å². The number of amides is 3. The highest BCUT2D eigenvalue weighted by Crippen LogP contribution is 2.52. The van der Waals surface area contributed by atoms with E-state index in [2.05, 4.69) is 25.8 Å². The molecule has 0 aromatic carbocycles. The lowest BCUT2D eigenvalue weighted by Gasteiger charge is -2.48. The van der Waals surface area contributed by atoms with Gasteiger partial charge in [0.25, 0.3) is 5.91 Å². The zero-order valence-electron chi connectivity index (χ0n) is 20.8. The first-order chi connectivity index (χ1) is 18.6. The molecule has 3 aromatic rings. The molecular weight excluding hydrogens is 546 g/mol. The Morgan fingerprint density at radius 3 is 2.69 bits per heavy atom. The van der Waals surface area contributed by atoms with Crippen LogP contribution in [-0.2, 0) is 32.3 Å². The van der Waals surface area contributed by atoms with Crippen LogP contribution in [0.2, 0.25) is 0 Å². The van der Waals surface area contributed by atoms with Crippen LogP contribution in [0.1, 0.15) is 13.8 Å². The molecule has 0 radical (unpaired) electrons. The van der Waals surface area contributed by atoms with Gasteiger partial charge in [0, 0.05) is 39.9 Å². The lowest BCUT2D eigenvalue weighted by atomic mass is 9.78. The number of carbonyl (C=O) groups excluding carboxylic acids is 4. The number of thioether (sulfide) groups is 1. The van der Waals surface area contributed by atoms with Gasteiger partial charge in [-0.2, -0.15) is 4.57 Å². The maximum Gasteiger partial charge on any atom is 0.283 e. The number of carbonyl (C=O) groups is 4. The number of pyridine rings is 1. The molecule has 0 aliphatic carbocycles. The predicted octanol–water partition coefficient (Wildman–Crippen LogP) is -1.70. The zero-order chi connectivity index (χ0) is 27.8. The second-order valence-corrected chi connectivity index (χ2v) is 11.4. The van der Waals surface area contributed by atoms with E-state index >= 15 is 0 Å². The van der Waals surface area contributed by atoms with E-state index in [1.54, 1.807) is 36.0 Å². The lowest BCUT2D eigenvalue weighted by molar-refractivity contribution is -0.684. The minimum absolute atomic E-state index is 0.0650. The van der Waals surface area contributed by atoms with Crippen molar-refractivity contribution in [2.24, 2.45) is 17.6 Å². The van der Waals surface area contributed by atoms with Crippen molar-refractivity contribution in [3.63, 3.8) is 0 Å². The number of primary amides is 1. The molecule has 5 heterocycles. The second kappa shape index (κ2) is 10.5. The summed E-state index contributed by atoms with van der Waals surface area (Å²) in [6.07, 6.45) is 4.75. The molecule has 2 aliphatic heterocycles. The summed E-state index contributed by atoms with van der Waals surface area (Å²) >= 11 is 2.54. The molecule has 1 fully saturated rings. The summed E-state index contributed by atoms with van der Waals surface area (Å²) in [5, 5.41) is 27.4. The number of nitrogens with zero attached hydrogens (tertiary/aromatic N) is 7. The van der Waals surface area contributed by atoms with Crippen molar-refractivity contribution < 1.29 is 28.9 Å². The highest BCUT2D eigenvalue weighted by molar-refractivity contribution is 8.04. The third-order valence-electron chi connectivity index (χ3n) is 6.61. The molecule has 202 valence electrons. The largest absolute Gasteiger partial charge is 0.543 e. The zero-order valence-corrected chi connectivity index (χ0v) is 22.4. The Labute approximate surface area is 229 Å². The van der Waals surface area contributed by atoms with Crippen molar-refractivity contribution in [1.29, 1.82) is 0 Å². The molecule has 3 aromatic heterocycles. The molecule has 1 saturated heterocycles. The van der Waals surface area contributed by atoms with Gasteiger partial charge in [0.1, 0.15) is 12.9 Å². The lowest BCUT2D eigenvalue weighted by Crippen LogP contribution is -2.66. The first-order valence-corrected chi connectivity index (χ1v) is 13.5. The fourth-order valence-corrected chi connectivity index (χ4v) is 6.99. The third kappa shape index (κ3) is 5.12. The molecule has 4 atom stereocenters. The van der Waals surface area contributed by atoms with Gasteiger partial charge in [-0.05, 0) is 17.4 Å². The Bertz CT molecular complexity index is 1470. The number of fused-ring (bicyclic) bond motifs is 1. The highest BCUT2D eigenvalue weighted by atomic mass is 32.2. The Morgan fingerprint density at radius 2 is 2.05 bits per heavy atom. The van der Waals surface area contributed by atoms with E-state index in [1.165, 1.54) is 39.0 Å². The Morgan fingerprint density at radius 1 is 1.31 bits per heavy atom. The van der Waals surface area contributed by atoms with Crippen LogP contribution in [0.4, 0.5) is 0 Å². The molecule has 0 saturated carbocycles. The van der Waals surface area contributed by atoms with Crippen molar-refractivity contribution in [2.75, 3.05) is 0 Å². The number of thiazole rings is 1. The fourth-order valence-electron chi connectivity index (χ4n) is 4.90. The van der Waals surface area contributed by atoms with E-state index in [1.807, 2.05) is 12.3 Å². The van der Waals surface area contributed by atoms with Crippen molar-refractivity contribution in [3.8, 4) is 11.3 Å². The summed E-state index contributed by atoms with van der Waals surface area (Å²) in [6, 6.07) is 2.63. The Balaban J connectivity index is 1.30. The van der Waals surface area contributed by atoms with E-state index in [0.717, 1.165) is 5.56 Å². The quantitative estimate of drug-likeness (QED) is 0.210. The van der Waals surface area contributed by atoms with Crippen LogP contribution >= 0.6 is 23.1 Å². The van der Waals surface area contributed by atoms with E-state index in [0.29, 0.717) is 14.9 Å². The first-order valence-electron chi connectivity index (χ1n) is 11.8. The minimum Gasteiger partial charge on any atom is -0.543 e. The molecule has 14 nitrogen and oxygen atoms in total. The monoisotopic (exact) mass is 569 g/mol. The van der Waals surface area contributed by atoms with Crippen LogP contribution in [0.15, 0.2) is 51.2 Å². The van der Waals surface area contributed by atoms with Crippen molar-refractivity contribution in [3.05, 3.63) is 46.8 Å². The third-order valence-corrected chi connectivity index (χ3v) is 8.84. The maximum absolute atomic E-state index is 13.1. The number of β-lactam (4-membered cyclic amide) rings is 1. The van der Waals surface area contributed by atoms with E-state index in [4.69, 9.17) is 5.73 Å². The van der Waals surface area contributed by atoms with E-state index in [9.17, 15) is 24.3 Å². The van der Waals surface area contributed by atoms with Gasteiger partial charge < -0.3 is 25.9 Å². The Hall–Kier alpha value is -4.18. The number of rotatable bonds is 10. The van der Waals surface area contributed by atoms with Crippen LogP contribution in [-0.4, -0.2) is 65.9 Å². The minimum atomic E-state index is -1.44. The number of tetrazole rings is 1. The van der Waals surface area contributed by atoms with Crippen molar-refractivity contribution in [2.45, 2.75) is 43.4 Å². The van der Waals surface area contributed by atoms with Crippen LogP contribution in [0.3, 0.4) is 0 Å². The number of nitrogens with two attached hydrogens (primary N) is 1. The number of hydrogen-bond donors (Lipinski definition) is 2. The van der Waals surface area contributed by atoms with Crippen LogP contribution in [0.5, 0.6) is 0 Å². The number of carboxylic acid groups (broad SMARTS) is 1. The Kier molecular flexibility index (Phi) is 7.14. The van der Waals surface area contributed by atoms with Crippen LogP contribution < -0.4 is 20.7 Å². The second-order valence-electron chi connectivity index (χ2n) is 9.20. The number of hydrogen-bond acceptors (Lipinski definition) is 11. The fraction of sp³-hybridized carbons (Fsp3) is 0.348. The normalized spacial score (nSPS) is 20.9. The van der Waals surface area contributed by atoms with Gasteiger partial charge in [0.2, 0.25) is 18.4 Å². The highest BCUT2D eigenvalue weighted by Gasteiger charge is 2.59. The predicted molar refractivity (Wildman–Crippen MR) is 134 cm³/mol. The molecule has 3 N–H and O–H groups in total. The summed E-state index contributed by atoms with van der Waals surface area (Å²) in [7, 11) is 0. The van der Waals surface area contributed by atoms with Gasteiger partial charge >= 0.3 is 0 Å².